The minimum atomic E-state index is 0.451. The molecule has 1 aromatic rings. The Bertz CT molecular complexity index is 297. The predicted molar refractivity (Wildman–Crippen MR) is 61.8 cm³/mol. The third-order valence-corrected chi connectivity index (χ3v) is 3.20. The molecular weight excluding hydrogens is 200 g/mol. The van der Waals surface area contributed by atoms with Gasteiger partial charge in [0, 0.05) is 16.2 Å². The zero-order valence-corrected chi connectivity index (χ0v) is 9.76. The van der Waals surface area contributed by atoms with Crippen molar-refractivity contribution in [3.8, 4) is 5.75 Å². The molecule has 0 aromatic heterocycles. The van der Waals surface area contributed by atoms with E-state index in [1.807, 2.05) is 19.2 Å². The second-order valence-corrected chi connectivity index (χ2v) is 4.63. The van der Waals surface area contributed by atoms with Crippen molar-refractivity contribution in [3.63, 3.8) is 0 Å². The topological polar surface area (TPSA) is 20.2 Å². The number of hydrogen-bond donors (Lipinski definition) is 1. The van der Waals surface area contributed by atoms with Gasteiger partial charge in [0.15, 0.2) is 0 Å². The summed E-state index contributed by atoms with van der Waals surface area (Å²) in [7, 11) is 0. The van der Waals surface area contributed by atoms with Crippen LogP contribution >= 0.6 is 23.5 Å². The van der Waals surface area contributed by atoms with Gasteiger partial charge >= 0.3 is 0 Å². The van der Waals surface area contributed by atoms with Gasteiger partial charge in [-0.25, -0.2) is 0 Å². The van der Waals surface area contributed by atoms with E-state index in [0.29, 0.717) is 5.75 Å². The molecule has 0 aliphatic rings. The van der Waals surface area contributed by atoms with Crippen molar-refractivity contribution in [1.82, 2.24) is 0 Å². The lowest BCUT2D eigenvalue weighted by Gasteiger charge is -2.08. The van der Waals surface area contributed by atoms with Crippen LogP contribution in [0.15, 0.2) is 17.0 Å². The van der Waals surface area contributed by atoms with E-state index in [-0.39, 0.29) is 0 Å². The van der Waals surface area contributed by atoms with Crippen molar-refractivity contribution in [1.29, 1.82) is 0 Å². The van der Waals surface area contributed by atoms with E-state index in [9.17, 15) is 5.11 Å². The summed E-state index contributed by atoms with van der Waals surface area (Å²) in [6.07, 6.45) is 4.09. The first-order valence-corrected chi connectivity index (χ1v) is 6.66. The van der Waals surface area contributed by atoms with E-state index >= 15 is 0 Å². The number of thioether (sulfide) groups is 2. The highest BCUT2D eigenvalue weighted by Crippen LogP contribution is 2.30. The van der Waals surface area contributed by atoms with Crippen molar-refractivity contribution in [2.24, 2.45) is 0 Å². The molecule has 13 heavy (non-hydrogen) atoms. The summed E-state index contributed by atoms with van der Waals surface area (Å²) >= 11 is 3.44. The van der Waals surface area contributed by atoms with E-state index in [1.54, 1.807) is 23.5 Å². The molecule has 1 rings (SSSR count). The third kappa shape index (κ3) is 2.58. The van der Waals surface area contributed by atoms with Crippen LogP contribution < -0.4 is 0 Å². The minimum Gasteiger partial charge on any atom is -0.507 e. The fourth-order valence-corrected chi connectivity index (χ4v) is 2.29. The standard InChI is InChI=1S/C10H14OS2/c1-7-4-9(13-3)5-8(6-12-2)10(7)11/h4-5,11H,6H2,1-3H3. The molecule has 0 fully saturated rings. The normalized spacial score (nSPS) is 10.4. The van der Waals surface area contributed by atoms with Crippen molar-refractivity contribution >= 4 is 23.5 Å². The Balaban J connectivity index is 3.09. The SMILES string of the molecule is CSCc1cc(SC)cc(C)c1O. The van der Waals surface area contributed by atoms with Crippen LogP contribution in [-0.2, 0) is 5.75 Å². The summed E-state index contributed by atoms with van der Waals surface area (Å²) in [5.41, 5.74) is 2.01. The molecule has 0 atom stereocenters. The van der Waals surface area contributed by atoms with Gasteiger partial charge in [0.1, 0.15) is 5.75 Å². The molecule has 3 heteroatoms. The second-order valence-electron chi connectivity index (χ2n) is 2.89. The van der Waals surface area contributed by atoms with Crippen molar-refractivity contribution in [2.75, 3.05) is 12.5 Å². The zero-order valence-electron chi connectivity index (χ0n) is 8.13. The van der Waals surface area contributed by atoms with Crippen LogP contribution in [0.4, 0.5) is 0 Å². The molecular formula is C10H14OS2. The molecule has 0 unspecified atom stereocenters. The number of aromatic hydroxyl groups is 1. The highest BCUT2D eigenvalue weighted by Gasteiger charge is 2.05. The van der Waals surface area contributed by atoms with Gasteiger partial charge in [0.05, 0.1) is 0 Å². The zero-order chi connectivity index (χ0) is 9.84. The Morgan fingerprint density at radius 3 is 2.54 bits per heavy atom. The first-order chi connectivity index (χ1) is 6.19. The maximum absolute atomic E-state index is 9.73. The maximum atomic E-state index is 9.73. The van der Waals surface area contributed by atoms with Crippen LogP contribution in [-0.4, -0.2) is 17.6 Å². The summed E-state index contributed by atoms with van der Waals surface area (Å²) in [5.74, 6) is 1.33. The summed E-state index contributed by atoms with van der Waals surface area (Å²) in [6, 6.07) is 4.08. The molecule has 0 saturated heterocycles. The number of rotatable bonds is 3. The van der Waals surface area contributed by atoms with E-state index < -0.39 is 0 Å². The molecule has 0 aliphatic heterocycles. The summed E-state index contributed by atoms with van der Waals surface area (Å²) < 4.78 is 0. The highest BCUT2D eigenvalue weighted by atomic mass is 32.2. The first kappa shape index (κ1) is 10.8. The molecule has 0 saturated carbocycles. The smallest absolute Gasteiger partial charge is 0.122 e. The van der Waals surface area contributed by atoms with Gasteiger partial charge in [-0.1, -0.05) is 0 Å². The molecule has 1 nitrogen and oxygen atoms in total. The molecule has 0 spiro atoms. The summed E-state index contributed by atoms with van der Waals surface area (Å²) in [5, 5.41) is 9.73. The van der Waals surface area contributed by atoms with Crippen LogP contribution in [0, 0.1) is 6.92 Å². The molecule has 0 radical (unpaired) electrons. The van der Waals surface area contributed by atoms with E-state index in [1.165, 1.54) is 4.90 Å². The number of aryl methyl sites for hydroxylation is 1. The van der Waals surface area contributed by atoms with E-state index in [4.69, 9.17) is 0 Å². The van der Waals surface area contributed by atoms with Crippen molar-refractivity contribution < 1.29 is 5.11 Å². The van der Waals surface area contributed by atoms with Gasteiger partial charge in [-0.3, -0.25) is 0 Å². The van der Waals surface area contributed by atoms with Crippen LogP contribution in [0.2, 0.25) is 0 Å². The van der Waals surface area contributed by atoms with E-state index in [0.717, 1.165) is 16.9 Å². The van der Waals surface area contributed by atoms with Gasteiger partial charge < -0.3 is 5.11 Å². The molecule has 72 valence electrons. The quantitative estimate of drug-likeness (QED) is 0.780. The van der Waals surface area contributed by atoms with Gasteiger partial charge in [-0.15, -0.1) is 11.8 Å². The largest absolute Gasteiger partial charge is 0.507 e. The fraction of sp³-hybridized carbons (Fsp3) is 0.400. The van der Waals surface area contributed by atoms with Gasteiger partial charge in [0.2, 0.25) is 0 Å². The number of benzene rings is 1. The minimum absolute atomic E-state index is 0.451. The Morgan fingerprint density at radius 1 is 1.31 bits per heavy atom. The lowest BCUT2D eigenvalue weighted by Crippen LogP contribution is -1.86. The van der Waals surface area contributed by atoms with Crippen LogP contribution in [0.25, 0.3) is 0 Å². The average Bonchev–Trinajstić information content (AvgIpc) is 2.13. The van der Waals surface area contributed by atoms with Crippen LogP contribution in [0.5, 0.6) is 5.75 Å². The number of phenols is 1. The van der Waals surface area contributed by atoms with Gasteiger partial charge in [-0.05, 0) is 37.1 Å². The predicted octanol–water partition coefficient (Wildman–Crippen LogP) is 3.29. The summed E-state index contributed by atoms with van der Waals surface area (Å²) in [4.78, 5) is 1.22. The Kier molecular flexibility index (Phi) is 4.00. The lowest BCUT2D eigenvalue weighted by molar-refractivity contribution is 0.466. The monoisotopic (exact) mass is 214 g/mol. The molecule has 0 bridgehead atoms. The molecule has 1 aromatic carbocycles. The maximum Gasteiger partial charge on any atom is 0.122 e. The van der Waals surface area contributed by atoms with E-state index in [2.05, 4.69) is 12.3 Å². The second kappa shape index (κ2) is 4.82. The average molecular weight is 214 g/mol. The first-order valence-electron chi connectivity index (χ1n) is 4.04. The van der Waals surface area contributed by atoms with Gasteiger partial charge in [0.25, 0.3) is 0 Å². The number of phenolic OH excluding ortho intramolecular Hbond substituents is 1. The van der Waals surface area contributed by atoms with Crippen LogP contribution in [0.3, 0.4) is 0 Å². The molecule has 1 N–H and O–H groups in total. The fourth-order valence-electron chi connectivity index (χ4n) is 1.20. The highest BCUT2D eigenvalue weighted by molar-refractivity contribution is 7.98. The Labute approximate surface area is 87.9 Å². The van der Waals surface area contributed by atoms with Gasteiger partial charge in [-0.2, -0.15) is 11.8 Å². The molecule has 0 aliphatic carbocycles. The van der Waals surface area contributed by atoms with Crippen molar-refractivity contribution in [2.45, 2.75) is 17.6 Å². The number of hydrogen-bond acceptors (Lipinski definition) is 3. The molecule has 0 heterocycles. The van der Waals surface area contributed by atoms with Crippen LogP contribution in [0.1, 0.15) is 11.1 Å². The van der Waals surface area contributed by atoms with Crippen molar-refractivity contribution in [3.05, 3.63) is 23.3 Å². The molecule has 0 amide bonds. The summed E-state index contributed by atoms with van der Waals surface area (Å²) in [6.45, 7) is 1.94. The Morgan fingerprint density at radius 2 is 2.00 bits per heavy atom. The lowest BCUT2D eigenvalue weighted by atomic mass is 10.1. The third-order valence-electron chi connectivity index (χ3n) is 1.89. The Hall–Kier alpha value is -0.280.